The number of hydrogen-bond acceptors (Lipinski definition) is 5. The van der Waals surface area contributed by atoms with E-state index in [9.17, 15) is 12.8 Å². The van der Waals surface area contributed by atoms with Gasteiger partial charge < -0.3 is 4.74 Å². The van der Waals surface area contributed by atoms with Gasteiger partial charge in [-0.3, -0.25) is 4.68 Å². The lowest BCUT2D eigenvalue weighted by molar-refractivity contribution is 0.103. The highest BCUT2D eigenvalue weighted by Gasteiger charge is 2.32. The zero-order valence-corrected chi connectivity index (χ0v) is 18.8. The normalized spacial score (nSPS) is 14.2. The van der Waals surface area contributed by atoms with E-state index in [-0.39, 0.29) is 29.7 Å². The van der Waals surface area contributed by atoms with Gasteiger partial charge in [-0.2, -0.15) is 14.7 Å². The first-order valence-electron chi connectivity index (χ1n) is 9.85. The molecule has 0 saturated carbocycles. The maximum Gasteiger partial charge on any atom is 0.243 e. The van der Waals surface area contributed by atoms with Crippen molar-refractivity contribution in [2.45, 2.75) is 31.1 Å². The minimum Gasteiger partial charge on any atom is -0.370 e. The number of fused-ring (bicyclic) bond motifs is 1. The third kappa shape index (κ3) is 4.40. The van der Waals surface area contributed by atoms with Crippen molar-refractivity contribution in [1.82, 2.24) is 14.1 Å². The second kappa shape index (κ2) is 9.00. The van der Waals surface area contributed by atoms with E-state index >= 15 is 0 Å². The average Bonchev–Trinajstić information content (AvgIpc) is 3.10. The Morgan fingerprint density at radius 2 is 2.06 bits per heavy atom. The molecule has 0 N–H and O–H groups in total. The zero-order valence-electron chi connectivity index (χ0n) is 17.3. The summed E-state index contributed by atoms with van der Waals surface area (Å²) >= 11 is 6.05. The molecule has 1 aromatic heterocycles. The lowest BCUT2D eigenvalue weighted by Gasteiger charge is -2.27. The molecule has 10 heteroatoms. The highest BCUT2D eigenvalue weighted by Crippen LogP contribution is 2.28. The number of rotatable bonds is 6. The number of nitriles is 1. The van der Waals surface area contributed by atoms with Crippen LogP contribution in [-0.2, 0) is 48.0 Å². The highest BCUT2D eigenvalue weighted by molar-refractivity contribution is 7.89. The number of ether oxygens (including phenoxy) is 1. The van der Waals surface area contributed by atoms with Gasteiger partial charge in [0, 0.05) is 42.8 Å². The number of aromatic nitrogens is 2. The van der Waals surface area contributed by atoms with Crippen LogP contribution in [0.4, 0.5) is 4.39 Å². The van der Waals surface area contributed by atoms with Gasteiger partial charge in [-0.25, -0.2) is 12.8 Å². The molecule has 0 amide bonds. The summed E-state index contributed by atoms with van der Waals surface area (Å²) in [6, 6.07) is 12.1. The van der Waals surface area contributed by atoms with Gasteiger partial charge in [0.25, 0.3) is 0 Å². The second-order valence-electron chi connectivity index (χ2n) is 7.45. The van der Waals surface area contributed by atoms with Gasteiger partial charge in [-0.1, -0.05) is 23.7 Å². The largest absolute Gasteiger partial charge is 0.370 e. The van der Waals surface area contributed by atoms with Crippen LogP contribution in [0.15, 0.2) is 47.4 Å². The molecule has 0 unspecified atom stereocenters. The maximum atomic E-state index is 13.2. The molecule has 7 nitrogen and oxygen atoms in total. The molecule has 0 aliphatic carbocycles. The molecular weight excluding hydrogens is 455 g/mol. The van der Waals surface area contributed by atoms with Crippen molar-refractivity contribution in [1.29, 1.82) is 5.26 Å². The smallest absolute Gasteiger partial charge is 0.243 e. The summed E-state index contributed by atoms with van der Waals surface area (Å²) in [4.78, 5) is 0.0904. The van der Waals surface area contributed by atoms with Gasteiger partial charge in [-0.05, 0) is 35.9 Å². The minimum absolute atomic E-state index is 0.0904. The van der Waals surface area contributed by atoms with Crippen molar-refractivity contribution >= 4 is 21.6 Å². The summed E-state index contributed by atoms with van der Waals surface area (Å²) in [6.07, 6.45) is 0.514. The van der Waals surface area contributed by atoms with Crippen LogP contribution in [0, 0.1) is 17.1 Å². The number of aryl methyl sites for hydroxylation is 1. The Balaban J connectivity index is 1.52. The van der Waals surface area contributed by atoms with Crippen LogP contribution in [0.5, 0.6) is 0 Å². The van der Waals surface area contributed by atoms with Crippen LogP contribution < -0.4 is 0 Å². The number of benzene rings is 2. The summed E-state index contributed by atoms with van der Waals surface area (Å²) in [5, 5.41) is 13.9. The molecular formula is C22H20ClFN4O3S. The molecule has 0 atom stereocenters. The molecule has 3 aromatic rings. The summed E-state index contributed by atoms with van der Waals surface area (Å²) in [5.41, 5.74) is 3.36. The molecule has 1 aliphatic heterocycles. The number of hydrogen-bond donors (Lipinski definition) is 0. The first kappa shape index (κ1) is 22.4. The highest BCUT2D eigenvalue weighted by atomic mass is 35.5. The molecule has 2 heterocycles. The fourth-order valence-corrected chi connectivity index (χ4v) is 5.41. The van der Waals surface area contributed by atoms with Crippen LogP contribution in [0.3, 0.4) is 0 Å². The molecule has 0 saturated heterocycles. The van der Waals surface area contributed by atoms with Crippen LogP contribution in [0.2, 0.25) is 5.02 Å². The number of nitrogens with zero attached hydrogens (tertiary/aromatic N) is 4. The maximum absolute atomic E-state index is 13.2. The average molecular weight is 475 g/mol. The third-order valence-electron chi connectivity index (χ3n) is 5.40. The number of sulfonamides is 1. The van der Waals surface area contributed by atoms with E-state index < -0.39 is 15.8 Å². The summed E-state index contributed by atoms with van der Waals surface area (Å²) in [7, 11) is -1.95. The molecule has 166 valence electrons. The molecule has 1 aliphatic rings. The SMILES string of the molecule is Cn1nc(COCc2ccc(F)cc2Cl)c2c1CCN(S(=O)(=O)c1cccc(C#N)c1)C2. The fourth-order valence-electron chi connectivity index (χ4n) is 3.74. The van der Waals surface area contributed by atoms with Gasteiger partial charge in [0.1, 0.15) is 5.82 Å². The van der Waals surface area contributed by atoms with E-state index in [1.165, 1.54) is 28.6 Å². The summed E-state index contributed by atoms with van der Waals surface area (Å²) < 4.78 is 48.4. The van der Waals surface area contributed by atoms with Crippen molar-refractivity contribution in [2.24, 2.45) is 7.05 Å². The number of halogens is 2. The van der Waals surface area contributed by atoms with E-state index in [4.69, 9.17) is 21.6 Å². The van der Waals surface area contributed by atoms with Gasteiger partial charge in [0.15, 0.2) is 0 Å². The molecule has 0 spiro atoms. The Labute approximate surface area is 190 Å². The monoisotopic (exact) mass is 474 g/mol. The van der Waals surface area contributed by atoms with Crippen LogP contribution in [-0.4, -0.2) is 29.0 Å². The Morgan fingerprint density at radius 1 is 1.25 bits per heavy atom. The summed E-state index contributed by atoms with van der Waals surface area (Å²) in [5.74, 6) is -0.417. The first-order valence-corrected chi connectivity index (χ1v) is 11.7. The fraction of sp³-hybridized carbons (Fsp3) is 0.273. The minimum atomic E-state index is -3.77. The molecule has 0 fully saturated rings. The molecule has 0 bridgehead atoms. The lowest BCUT2D eigenvalue weighted by atomic mass is 10.1. The Hall–Kier alpha value is -2.77. The standard InChI is InChI=1S/C22H20ClFN4O3S/c1-27-22-7-8-28(32(29,30)18-4-2-3-15(9-18)11-25)12-19(22)21(26-27)14-31-13-16-5-6-17(24)10-20(16)23/h2-6,9-10H,7-8,12-14H2,1H3. The van der Waals surface area contributed by atoms with Gasteiger partial charge >= 0.3 is 0 Å². The van der Waals surface area contributed by atoms with Crippen LogP contribution in [0.1, 0.15) is 28.1 Å². The van der Waals surface area contributed by atoms with E-state index in [2.05, 4.69) is 5.10 Å². The predicted molar refractivity (Wildman–Crippen MR) is 116 cm³/mol. The van der Waals surface area contributed by atoms with Crippen molar-refractivity contribution in [3.05, 3.63) is 81.4 Å². The first-order chi connectivity index (χ1) is 15.3. The molecule has 4 rings (SSSR count). The van der Waals surface area contributed by atoms with Crippen molar-refractivity contribution in [2.75, 3.05) is 6.54 Å². The molecule has 32 heavy (non-hydrogen) atoms. The Morgan fingerprint density at radius 3 is 2.81 bits per heavy atom. The molecule has 2 aromatic carbocycles. The topological polar surface area (TPSA) is 88.2 Å². The second-order valence-corrected chi connectivity index (χ2v) is 9.80. The van der Waals surface area contributed by atoms with Crippen molar-refractivity contribution in [3.63, 3.8) is 0 Å². The zero-order chi connectivity index (χ0) is 22.9. The van der Waals surface area contributed by atoms with E-state index in [1.807, 2.05) is 13.1 Å². The Kier molecular flexibility index (Phi) is 6.31. The third-order valence-corrected chi connectivity index (χ3v) is 7.60. The summed E-state index contributed by atoms with van der Waals surface area (Å²) in [6.45, 7) is 0.817. The van der Waals surface area contributed by atoms with Crippen molar-refractivity contribution < 1.29 is 17.5 Å². The lowest BCUT2D eigenvalue weighted by Crippen LogP contribution is -2.36. The van der Waals surface area contributed by atoms with Gasteiger partial charge in [-0.15, -0.1) is 0 Å². The Bertz CT molecular complexity index is 1320. The van der Waals surface area contributed by atoms with Crippen molar-refractivity contribution in [3.8, 4) is 6.07 Å². The van der Waals surface area contributed by atoms with Gasteiger partial charge in [0.2, 0.25) is 10.0 Å². The van der Waals surface area contributed by atoms with Crippen LogP contribution >= 0.6 is 11.6 Å². The predicted octanol–water partition coefficient (Wildman–Crippen LogP) is 3.55. The van der Waals surface area contributed by atoms with E-state index in [1.54, 1.807) is 22.9 Å². The van der Waals surface area contributed by atoms with Crippen LogP contribution in [0.25, 0.3) is 0 Å². The van der Waals surface area contributed by atoms with E-state index in [0.29, 0.717) is 29.8 Å². The molecule has 0 radical (unpaired) electrons. The van der Waals surface area contributed by atoms with Gasteiger partial charge in [0.05, 0.1) is 35.4 Å². The van der Waals surface area contributed by atoms with E-state index in [0.717, 1.165) is 11.3 Å². The quantitative estimate of drug-likeness (QED) is 0.545.